The molecule has 2 aromatic rings. The van der Waals surface area contributed by atoms with Gasteiger partial charge in [0.05, 0.1) is 0 Å². The number of nitrogens with one attached hydrogen (secondary N) is 2. The van der Waals surface area contributed by atoms with E-state index in [0.29, 0.717) is 24.2 Å². The van der Waals surface area contributed by atoms with E-state index in [0.717, 1.165) is 30.4 Å². The number of anilines is 1. The number of hydrogen-bond acceptors (Lipinski definition) is 5. The Labute approximate surface area is 226 Å². The van der Waals surface area contributed by atoms with E-state index in [9.17, 15) is 19.5 Å². The van der Waals surface area contributed by atoms with Crippen LogP contribution in [0.1, 0.15) is 83.0 Å². The van der Waals surface area contributed by atoms with Crippen molar-refractivity contribution in [1.29, 1.82) is 0 Å². The second kappa shape index (κ2) is 13.8. The highest BCUT2D eigenvalue weighted by Gasteiger charge is 2.35. The van der Waals surface area contributed by atoms with Crippen LogP contribution in [0.5, 0.6) is 5.75 Å². The lowest BCUT2D eigenvalue weighted by molar-refractivity contribution is -0.140. The molecule has 0 fully saturated rings. The molecule has 3 amide bonds. The average molecular weight is 526 g/mol. The molecule has 2 aromatic carbocycles. The molecule has 2 rings (SSSR count). The topological polar surface area (TPSA) is 108 Å². The van der Waals surface area contributed by atoms with Gasteiger partial charge in [0.1, 0.15) is 23.4 Å². The fourth-order valence-electron chi connectivity index (χ4n) is 4.20. The second-order valence-electron chi connectivity index (χ2n) is 10.7. The van der Waals surface area contributed by atoms with Gasteiger partial charge in [-0.2, -0.15) is 0 Å². The summed E-state index contributed by atoms with van der Waals surface area (Å²) in [6.07, 6.45) is 2.93. The van der Waals surface area contributed by atoms with Crippen LogP contribution in [0.3, 0.4) is 0 Å². The Hall–Kier alpha value is -3.55. The molecule has 8 heteroatoms. The van der Waals surface area contributed by atoms with Crippen LogP contribution in [0.2, 0.25) is 0 Å². The van der Waals surface area contributed by atoms with Crippen molar-refractivity contribution in [2.75, 3.05) is 11.9 Å². The van der Waals surface area contributed by atoms with Crippen molar-refractivity contribution in [1.82, 2.24) is 10.2 Å². The number of nitrogens with zero attached hydrogens (tertiary/aromatic N) is 1. The Kier molecular flexibility index (Phi) is 11.2. The van der Waals surface area contributed by atoms with Crippen molar-refractivity contribution in [3.8, 4) is 5.75 Å². The highest BCUT2D eigenvalue weighted by atomic mass is 16.6. The Morgan fingerprint density at radius 2 is 1.58 bits per heavy atom. The van der Waals surface area contributed by atoms with Gasteiger partial charge in [0.25, 0.3) is 5.91 Å². The fraction of sp³-hybridized carbons (Fsp3) is 0.500. The number of phenolic OH excluding ortho intramolecular Hbond substituents is 1. The molecular formula is C30H43N3O5. The average Bonchev–Trinajstić information content (AvgIpc) is 2.82. The molecule has 0 aliphatic heterocycles. The van der Waals surface area contributed by atoms with Crippen molar-refractivity contribution < 1.29 is 24.2 Å². The lowest BCUT2D eigenvalue weighted by Gasteiger charge is -2.34. The Bertz CT molecular complexity index is 1070. The molecule has 2 unspecified atom stereocenters. The van der Waals surface area contributed by atoms with Crippen molar-refractivity contribution in [2.45, 2.75) is 91.8 Å². The van der Waals surface area contributed by atoms with Crippen LogP contribution in [-0.2, 0) is 14.3 Å². The molecule has 2 atom stereocenters. The number of ether oxygens (including phenoxy) is 1. The van der Waals surface area contributed by atoms with Crippen molar-refractivity contribution in [3.63, 3.8) is 0 Å². The van der Waals surface area contributed by atoms with Gasteiger partial charge in [-0.05, 0) is 76.8 Å². The van der Waals surface area contributed by atoms with Crippen molar-refractivity contribution in [2.24, 2.45) is 0 Å². The van der Waals surface area contributed by atoms with Crippen LogP contribution in [0.15, 0.2) is 42.5 Å². The first-order valence-corrected chi connectivity index (χ1v) is 13.3. The van der Waals surface area contributed by atoms with E-state index in [1.54, 1.807) is 39.8 Å². The summed E-state index contributed by atoms with van der Waals surface area (Å²) in [5.41, 5.74) is 2.35. The SMILES string of the molecule is CCCCCCN(C(=O)C(C)NC(=O)OC(C)(C)C)C(C(=O)Nc1c(C)cccc1C)c1ccc(O)cc1. The maximum Gasteiger partial charge on any atom is 0.408 e. The monoisotopic (exact) mass is 525 g/mol. The van der Waals surface area contributed by atoms with Crippen LogP contribution in [0.25, 0.3) is 0 Å². The number of amides is 3. The minimum Gasteiger partial charge on any atom is -0.508 e. The maximum absolute atomic E-state index is 13.9. The Morgan fingerprint density at radius 3 is 2.13 bits per heavy atom. The summed E-state index contributed by atoms with van der Waals surface area (Å²) in [5, 5.41) is 15.5. The van der Waals surface area contributed by atoms with Gasteiger partial charge >= 0.3 is 6.09 Å². The molecule has 0 radical (unpaired) electrons. The molecule has 0 saturated heterocycles. The lowest BCUT2D eigenvalue weighted by Crippen LogP contribution is -2.51. The molecule has 0 heterocycles. The van der Waals surface area contributed by atoms with E-state index in [4.69, 9.17) is 4.74 Å². The number of hydrogen-bond donors (Lipinski definition) is 3. The number of phenols is 1. The minimum atomic E-state index is -0.980. The van der Waals surface area contributed by atoms with Gasteiger partial charge in [-0.25, -0.2) is 4.79 Å². The Balaban J connectivity index is 2.46. The number of para-hydroxylation sites is 1. The van der Waals surface area contributed by atoms with Crippen LogP contribution in [0.4, 0.5) is 10.5 Å². The largest absolute Gasteiger partial charge is 0.508 e. The zero-order valence-electron chi connectivity index (χ0n) is 23.8. The summed E-state index contributed by atoms with van der Waals surface area (Å²) in [5.74, 6) is -0.716. The highest BCUT2D eigenvalue weighted by Crippen LogP contribution is 2.28. The van der Waals surface area contributed by atoms with E-state index < -0.39 is 29.7 Å². The molecule has 0 spiro atoms. The maximum atomic E-state index is 13.9. The first-order valence-electron chi connectivity index (χ1n) is 13.3. The van der Waals surface area contributed by atoms with Gasteiger partial charge in [-0.1, -0.05) is 56.5 Å². The predicted molar refractivity (Wildman–Crippen MR) is 150 cm³/mol. The van der Waals surface area contributed by atoms with Crippen LogP contribution < -0.4 is 10.6 Å². The third-order valence-electron chi connectivity index (χ3n) is 6.14. The highest BCUT2D eigenvalue weighted by molar-refractivity contribution is 5.99. The molecule has 0 aliphatic carbocycles. The molecule has 38 heavy (non-hydrogen) atoms. The van der Waals surface area contributed by atoms with Gasteiger partial charge in [0.15, 0.2) is 0 Å². The molecule has 0 saturated carbocycles. The summed E-state index contributed by atoms with van der Waals surface area (Å²) in [6, 6.07) is 10.1. The number of aryl methyl sites for hydroxylation is 2. The number of rotatable bonds is 11. The number of unbranched alkanes of at least 4 members (excludes halogenated alkanes) is 3. The third-order valence-corrected chi connectivity index (χ3v) is 6.14. The summed E-state index contributed by atoms with van der Waals surface area (Å²) in [4.78, 5) is 41.6. The molecular weight excluding hydrogens is 482 g/mol. The van der Waals surface area contributed by atoms with Crippen molar-refractivity contribution in [3.05, 3.63) is 59.2 Å². The minimum absolute atomic E-state index is 0.0587. The summed E-state index contributed by atoms with van der Waals surface area (Å²) in [7, 11) is 0. The van der Waals surface area contributed by atoms with E-state index in [1.807, 2.05) is 32.0 Å². The van der Waals surface area contributed by atoms with E-state index in [1.165, 1.54) is 17.0 Å². The quantitative estimate of drug-likeness (QED) is 0.311. The van der Waals surface area contributed by atoms with E-state index in [2.05, 4.69) is 17.6 Å². The molecule has 208 valence electrons. The third kappa shape index (κ3) is 9.08. The van der Waals surface area contributed by atoms with E-state index >= 15 is 0 Å². The summed E-state index contributed by atoms with van der Waals surface area (Å²) < 4.78 is 5.33. The van der Waals surface area contributed by atoms with Crippen LogP contribution in [0, 0.1) is 13.8 Å². The zero-order chi connectivity index (χ0) is 28.5. The summed E-state index contributed by atoms with van der Waals surface area (Å²) >= 11 is 0. The normalized spacial score (nSPS) is 12.8. The molecule has 0 aromatic heterocycles. The first kappa shape index (κ1) is 30.7. The number of aromatic hydroxyl groups is 1. The molecule has 0 aliphatic rings. The van der Waals surface area contributed by atoms with Gasteiger partial charge in [0, 0.05) is 12.2 Å². The molecule has 0 bridgehead atoms. The second-order valence-corrected chi connectivity index (χ2v) is 10.7. The molecule has 3 N–H and O–H groups in total. The number of benzene rings is 2. The zero-order valence-corrected chi connectivity index (χ0v) is 23.8. The standard InChI is InChI=1S/C30H43N3O5/c1-8-9-10-11-19-33(28(36)22(4)31-29(37)38-30(5,6)7)26(23-15-17-24(34)18-16-23)27(35)32-25-20(2)13-12-14-21(25)3/h12-18,22,26,34H,8-11,19H2,1-7H3,(H,31,37)(H,32,35). The first-order chi connectivity index (χ1) is 17.8. The van der Waals surface area contributed by atoms with Gasteiger partial charge < -0.3 is 25.4 Å². The smallest absolute Gasteiger partial charge is 0.408 e. The van der Waals surface area contributed by atoms with Gasteiger partial charge in [-0.3, -0.25) is 9.59 Å². The van der Waals surface area contributed by atoms with Crippen LogP contribution >= 0.6 is 0 Å². The lowest BCUT2D eigenvalue weighted by atomic mass is 10.0. The van der Waals surface area contributed by atoms with Gasteiger partial charge in [0.2, 0.25) is 5.91 Å². The Morgan fingerprint density at radius 1 is 0.974 bits per heavy atom. The number of carbonyl (C=O) groups excluding carboxylic acids is 3. The number of carbonyl (C=O) groups is 3. The van der Waals surface area contributed by atoms with Crippen LogP contribution in [-0.4, -0.2) is 46.1 Å². The fourth-order valence-corrected chi connectivity index (χ4v) is 4.20. The number of alkyl carbamates (subject to hydrolysis) is 1. The van der Waals surface area contributed by atoms with Crippen molar-refractivity contribution >= 4 is 23.6 Å². The predicted octanol–water partition coefficient (Wildman–Crippen LogP) is 6.01. The summed E-state index contributed by atoms with van der Waals surface area (Å²) in [6.45, 7) is 13.1. The van der Waals surface area contributed by atoms with E-state index in [-0.39, 0.29) is 11.7 Å². The molecule has 8 nitrogen and oxygen atoms in total. The van der Waals surface area contributed by atoms with Gasteiger partial charge in [-0.15, -0.1) is 0 Å².